The van der Waals surface area contributed by atoms with Crippen LogP contribution in [0.4, 0.5) is 0 Å². The SMILES string of the molecule is CC(C)C[C@H](NC(=O)[C@H](Cc1ccccc1)NC(=O)[C@H](Cc1cccc2ccccc12)NC(=O)C(Cc1ccccc1)N=[N+]=[N-])C(=O)[C@@]1(C)CO1. The second kappa shape index (κ2) is 16.9. The van der Waals surface area contributed by atoms with Crippen LogP contribution in [-0.4, -0.2) is 59.9 Å². The van der Waals surface area contributed by atoms with Crippen LogP contribution < -0.4 is 16.0 Å². The van der Waals surface area contributed by atoms with Gasteiger partial charge in [-0.1, -0.05) is 122 Å². The summed E-state index contributed by atoms with van der Waals surface area (Å²) in [4.78, 5) is 58.4. The lowest BCUT2D eigenvalue weighted by molar-refractivity contribution is -0.134. The fraction of sp³-hybridized carbons (Fsp3) is 0.350. The van der Waals surface area contributed by atoms with E-state index in [-0.39, 0.29) is 37.6 Å². The third-order valence-corrected chi connectivity index (χ3v) is 9.06. The molecule has 0 aliphatic carbocycles. The average Bonchev–Trinajstić information content (AvgIpc) is 3.89. The zero-order valence-electron chi connectivity index (χ0n) is 29.1. The van der Waals surface area contributed by atoms with Crippen molar-refractivity contribution in [3.63, 3.8) is 0 Å². The van der Waals surface area contributed by atoms with Gasteiger partial charge in [0.1, 0.15) is 23.7 Å². The van der Waals surface area contributed by atoms with Crippen LogP contribution in [0.5, 0.6) is 0 Å². The summed E-state index contributed by atoms with van der Waals surface area (Å²) >= 11 is 0. The van der Waals surface area contributed by atoms with Crippen molar-refractivity contribution in [3.8, 4) is 0 Å². The third-order valence-electron chi connectivity index (χ3n) is 9.06. The monoisotopic (exact) mass is 688 g/mol. The summed E-state index contributed by atoms with van der Waals surface area (Å²) < 4.78 is 5.41. The molecule has 0 saturated carbocycles. The fourth-order valence-corrected chi connectivity index (χ4v) is 6.18. The topological polar surface area (TPSA) is 166 Å². The van der Waals surface area contributed by atoms with E-state index in [0.29, 0.717) is 6.42 Å². The number of nitrogens with zero attached hydrogens (tertiary/aromatic N) is 3. The minimum absolute atomic E-state index is 0.0943. The molecule has 5 rings (SSSR count). The maximum atomic E-state index is 14.3. The molecule has 11 heteroatoms. The molecule has 5 atom stereocenters. The first kappa shape index (κ1) is 36.8. The molecule has 1 aliphatic rings. The molecule has 1 unspecified atom stereocenters. The van der Waals surface area contributed by atoms with Crippen molar-refractivity contribution in [1.82, 2.24) is 16.0 Å². The first-order valence-electron chi connectivity index (χ1n) is 17.2. The molecule has 1 fully saturated rings. The Morgan fingerprint density at radius 3 is 1.86 bits per heavy atom. The zero-order valence-corrected chi connectivity index (χ0v) is 29.1. The number of fused-ring (bicyclic) bond motifs is 1. The van der Waals surface area contributed by atoms with Gasteiger partial charge in [-0.15, -0.1) is 0 Å². The van der Waals surface area contributed by atoms with Gasteiger partial charge in [-0.25, -0.2) is 0 Å². The first-order valence-corrected chi connectivity index (χ1v) is 17.2. The van der Waals surface area contributed by atoms with E-state index in [1.54, 1.807) is 6.92 Å². The standard InChI is InChI=1S/C40H44N6O5/c1-26(2)21-32(36(47)40(3)25-51-40)42-37(48)33(22-27-13-6-4-7-14-27)43-38(49)34(24-30-19-12-18-29-17-10-11-20-31(29)30)44-39(50)35(45-46-41)23-28-15-8-5-9-16-28/h4-20,26,32-35H,21-25H2,1-3H3,(H,42,48)(H,43,49)(H,44,50)/t32-,33-,34-,35?,40+/m0/s1. The van der Waals surface area contributed by atoms with E-state index in [2.05, 4.69) is 26.0 Å². The number of hydrogen-bond donors (Lipinski definition) is 3. The molecule has 264 valence electrons. The molecule has 0 radical (unpaired) electrons. The number of epoxide rings is 1. The van der Waals surface area contributed by atoms with E-state index in [4.69, 9.17) is 4.74 Å². The van der Waals surface area contributed by atoms with Crippen LogP contribution in [0.3, 0.4) is 0 Å². The number of ketones is 1. The molecule has 1 aliphatic heterocycles. The molecule has 0 bridgehead atoms. The molecular formula is C40H44N6O5. The van der Waals surface area contributed by atoms with Crippen LogP contribution in [0.1, 0.15) is 43.9 Å². The highest BCUT2D eigenvalue weighted by atomic mass is 16.6. The Balaban J connectivity index is 1.44. The van der Waals surface area contributed by atoms with Crippen molar-refractivity contribution >= 4 is 34.3 Å². The minimum Gasteiger partial charge on any atom is -0.361 e. The van der Waals surface area contributed by atoms with Gasteiger partial charge in [0.2, 0.25) is 17.7 Å². The number of nitrogens with one attached hydrogen (secondary N) is 3. The Hall–Kier alpha value is -5.51. The van der Waals surface area contributed by atoms with Crippen LogP contribution in [0.15, 0.2) is 108 Å². The number of hydrogen-bond acceptors (Lipinski definition) is 6. The number of carbonyl (C=O) groups excluding carboxylic acids is 4. The van der Waals surface area contributed by atoms with E-state index in [1.165, 1.54) is 0 Å². The number of Topliss-reactive ketones (excluding diaryl/α,β-unsaturated/α-hetero) is 1. The Morgan fingerprint density at radius 1 is 0.725 bits per heavy atom. The third kappa shape index (κ3) is 10.0. The summed E-state index contributed by atoms with van der Waals surface area (Å²) in [6, 6.07) is 27.7. The van der Waals surface area contributed by atoms with Gasteiger partial charge < -0.3 is 20.7 Å². The van der Waals surface area contributed by atoms with Crippen LogP contribution >= 0.6 is 0 Å². The molecule has 4 aromatic carbocycles. The zero-order chi connectivity index (χ0) is 36.4. The second-order valence-corrected chi connectivity index (χ2v) is 13.6. The summed E-state index contributed by atoms with van der Waals surface area (Å²) in [7, 11) is 0. The number of benzene rings is 4. The highest BCUT2D eigenvalue weighted by molar-refractivity contribution is 5.99. The molecule has 3 amide bonds. The van der Waals surface area contributed by atoms with Crippen molar-refractivity contribution in [1.29, 1.82) is 0 Å². The number of azide groups is 1. The molecule has 11 nitrogen and oxygen atoms in total. The maximum absolute atomic E-state index is 14.3. The number of rotatable bonds is 17. The molecule has 1 heterocycles. The van der Waals surface area contributed by atoms with E-state index >= 15 is 0 Å². The van der Waals surface area contributed by atoms with E-state index in [1.807, 2.05) is 117 Å². The van der Waals surface area contributed by atoms with Gasteiger partial charge in [0.15, 0.2) is 5.78 Å². The van der Waals surface area contributed by atoms with Crippen molar-refractivity contribution in [2.45, 2.75) is 76.2 Å². The van der Waals surface area contributed by atoms with E-state index in [9.17, 15) is 24.7 Å². The lowest BCUT2D eigenvalue weighted by Crippen LogP contribution is -2.58. The molecule has 0 spiro atoms. The number of carbonyl (C=O) groups is 4. The Labute approximate surface area is 297 Å². The van der Waals surface area contributed by atoms with Gasteiger partial charge in [-0.2, -0.15) is 0 Å². The maximum Gasteiger partial charge on any atom is 0.243 e. The molecule has 3 N–H and O–H groups in total. The molecular weight excluding hydrogens is 644 g/mol. The Morgan fingerprint density at radius 2 is 1.25 bits per heavy atom. The highest BCUT2D eigenvalue weighted by Gasteiger charge is 2.50. The van der Waals surface area contributed by atoms with Gasteiger partial charge in [-0.05, 0) is 58.7 Å². The smallest absolute Gasteiger partial charge is 0.243 e. The molecule has 51 heavy (non-hydrogen) atoms. The van der Waals surface area contributed by atoms with Crippen LogP contribution in [-0.2, 0) is 43.2 Å². The van der Waals surface area contributed by atoms with Crippen LogP contribution in [0, 0.1) is 5.92 Å². The molecule has 1 saturated heterocycles. The average molecular weight is 689 g/mol. The lowest BCUT2D eigenvalue weighted by Gasteiger charge is -2.27. The molecule has 0 aromatic heterocycles. The van der Waals surface area contributed by atoms with Gasteiger partial charge >= 0.3 is 0 Å². The quantitative estimate of drug-likeness (QED) is 0.0584. The predicted octanol–water partition coefficient (Wildman–Crippen LogP) is 5.41. The number of amides is 3. The summed E-state index contributed by atoms with van der Waals surface area (Å²) in [6.45, 7) is 5.93. The van der Waals surface area contributed by atoms with Gasteiger partial charge in [-0.3, -0.25) is 19.2 Å². The second-order valence-electron chi connectivity index (χ2n) is 13.6. The van der Waals surface area contributed by atoms with E-state index < -0.39 is 47.5 Å². The molecule has 4 aromatic rings. The largest absolute Gasteiger partial charge is 0.361 e. The Kier molecular flexibility index (Phi) is 12.2. The first-order chi connectivity index (χ1) is 24.6. The lowest BCUT2D eigenvalue weighted by atomic mass is 9.93. The van der Waals surface area contributed by atoms with Crippen LogP contribution in [0.25, 0.3) is 21.2 Å². The summed E-state index contributed by atoms with van der Waals surface area (Å²) in [5.74, 6) is -1.86. The van der Waals surface area contributed by atoms with Gasteiger partial charge in [0.05, 0.1) is 12.6 Å². The van der Waals surface area contributed by atoms with Gasteiger partial charge in [0.25, 0.3) is 0 Å². The van der Waals surface area contributed by atoms with Gasteiger partial charge in [0, 0.05) is 17.8 Å². The van der Waals surface area contributed by atoms with E-state index in [0.717, 1.165) is 27.5 Å². The van der Waals surface area contributed by atoms with Crippen molar-refractivity contribution in [3.05, 3.63) is 130 Å². The van der Waals surface area contributed by atoms with Crippen molar-refractivity contribution < 1.29 is 23.9 Å². The highest BCUT2D eigenvalue weighted by Crippen LogP contribution is 2.30. The summed E-state index contributed by atoms with van der Waals surface area (Å²) in [5, 5.41) is 14.3. The fourth-order valence-electron chi connectivity index (χ4n) is 6.18. The summed E-state index contributed by atoms with van der Waals surface area (Å²) in [5.41, 5.74) is 10.8. The minimum atomic E-state index is -1.14. The van der Waals surface area contributed by atoms with Crippen molar-refractivity contribution in [2.24, 2.45) is 11.0 Å². The van der Waals surface area contributed by atoms with Crippen molar-refractivity contribution in [2.75, 3.05) is 6.61 Å². The summed E-state index contributed by atoms with van der Waals surface area (Å²) in [6.07, 6.45) is 0.764. The van der Waals surface area contributed by atoms with Crippen LogP contribution in [0.2, 0.25) is 0 Å². The Bertz CT molecular complexity index is 1880. The normalized spacial score (nSPS) is 17.3. The predicted molar refractivity (Wildman–Crippen MR) is 195 cm³/mol. The number of ether oxygens (including phenoxy) is 1.